The molecule has 0 heterocycles. The molecule has 4 N–H and O–H groups in total. The fourth-order valence-corrected chi connectivity index (χ4v) is 10.9. The number of likely N-dealkylation sites (N-methyl/N-ethyl adjacent to an activating group) is 2. The third-order valence-electron chi connectivity index (χ3n) is 16.4. The predicted molar refractivity (Wildman–Crippen MR) is 346 cm³/mol. The number of nitrogens with zero attached hydrogens (tertiary/aromatic N) is 2. The number of nitrogens with one attached hydrogen (secondary N) is 2. The summed E-state index contributed by atoms with van der Waals surface area (Å²) in [6.07, 6.45) is 53.5. The summed E-state index contributed by atoms with van der Waals surface area (Å²) >= 11 is 0. The average molecular weight is 1230 g/mol. The van der Waals surface area contributed by atoms with Crippen molar-refractivity contribution in [1.82, 2.24) is 10.6 Å². The van der Waals surface area contributed by atoms with Crippen LogP contribution in [-0.2, 0) is 28.7 Å². The molecule has 0 aliphatic carbocycles. The van der Waals surface area contributed by atoms with Gasteiger partial charge in [0.05, 0.1) is 53.5 Å². The van der Waals surface area contributed by atoms with E-state index in [1.54, 1.807) is 0 Å². The fraction of sp³-hybridized carbons (Fsp3) is 0.886. The van der Waals surface area contributed by atoms with Crippen molar-refractivity contribution in [2.24, 2.45) is 0 Å². The molecule has 0 fully saturated rings. The number of unbranched alkanes of at least 4 members (excludes halogenated alkanes) is 32. The molecule has 2 amide bonds. The maximum absolute atomic E-state index is 13.1. The topological polar surface area (TPSA) is 151 Å². The molecule has 0 spiro atoms. The van der Waals surface area contributed by atoms with Gasteiger partial charge in [-0.25, -0.2) is 9.59 Å². The van der Waals surface area contributed by atoms with E-state index in [4.69, 9.17) is 9.47 Å². The number of halogens is 2. The molecule has 12 nitrogen and oxygen atoms in total. The Bertz CT molecular complexity index is 1450. The van der Waals surface area contributed by atoms with E-state index in [0.717, 1.165) is 142 Å². The average Bonchev–Trinajstić information content (AvgIpc) is 3.43. The highest BCUT2D eigenvalue weighted by atomic mass is 35.5. The van der Waals surface area contributed by atoms with E-state index in [1.165, 1.54) is 116 Å². The van der Waals surface area contributed by atoms with Crippen LogP contribution in [0, 0.1) is 0 Å². The lowest BCUT2D eigenvalue weighted by atomic mass is 10.0. The van der Waals surface area contributed by atoms with Crippen LogP contribution in [0.5, 0.6) is 0 Å². The molecule has 0 aromatic heterocycles. The molecule has 498 valence electrons. The zero-order valence-electron chi connectivity index (χ0n) is 56.0. The van der Waals surface area contributed by atoms with E-state index < -0.39 is 24.4 Å². The van der Waals surface area contributed by atoms with Crippen LogP contribution in [0.4, 0.5) is 0 Å². The molecule has 0 aliphatic heterocycles. The van der Waals surface area contributed by atoms with Gasteiger partial charge in [0.2, 0.25) is 11.8 Å². The molecule has 0 aromatic rings. The Hall–Kier alpha value is -2.22. The van der Waals surface area contributed by atoms with Gasteiger partial charge in [0, 0.05) is 25.9 Å². The normalized spacial score (nSPS) is 13.3. The van der Waals surface area contributed by atoms with Gasteiger partial charge in [-0.3, -0.25) is 9.59 Å². The van der Waals surface area contributed by atoms with Crippen molar-refractivity contribution >= 4 is 23.8 Å². The van der Waals surface area contributed by atoms with E-state index in [9.17, 15) is 29.4 Å². The second-order valence-electron chi connectivity index (χ2n) is 25.9. The summed E-state index contributed by atoms with van der Waals surface area (Å²) in [7, 11) is 8.44. The van der Waals surface area contributed by atoms with E-state index in [-0.39, 0.29) is 48.6 Å². The monoisotopic (exact) mass is 1230 g/mol. The maximum atomic E-state index is 13.1. The molecule has 84 heavy (non-hydrogen) atoms. The van der Waals surface area contributed by atoms with Gasteiger partial charge >= 0.3 is 11.9 Å². The van der Waals surface area contributed by atoms with Crippen LogP contribution in [-0.4, -0.2) is 135 Å². The van der Waals surface area contributed by atoms with Gasteiger partial charge in [-0.2, -0.15) is 0 Å². The number of esters is 2. The fourth-order valence-electron chi connectivity index (χ4n) is 10.9. The Labute approximate surface area is 530 Å². The highest BCUT2D eigenvalue weighted by Gasteiger charge is 2.28. The Morgan fingerprint density at radius 2 is 0.655 bits per heavy atom. The van der Waals surface area contributed by atoms with Crippen LogP contribution in [0.2, 0.25) is 0 Å². The van der Waals surface area contributed by atoms with Gasteiger partial charge in [-0.05, 0) is 103 Å². The van der Waals surface area contributed by atoms with Crippen LogP contribution in [0.3, 0.4) is 0 Å². The summed E-state index contributed by atoms with van der Waals surface area (Å²) in [5.74, 6) is -0.359. The van der Waals surface area contributed by atoms with Crippen LogP contribution in [0.25, 0.3) is 0 Å². The number of rotatable bonds is 61. The van der Waals surface area contributed by atoms with E-state index in [1.807, 2.05) is 12.2 Å². The Balaban J connectivity index is -0.0000328. The summed E-state index contributed by atoms with van der Waals surface area (Å²) in [6.45, 7) is 12.3. The first kappa shape index (κ1) is 86.0. The summed E-state index contributed by atoms with van der Waals surface area (Å²) in [6, 6.07) is 0. The number of aliphatic hydroxyl groups excluding tert-OH is 2. The number of quaternary nitrogens is 2. The minimum Gasteiger partial charge on any atom is -1.00 e. The van der Waals surface area contributed by atoms with Gasteiger partial charge in [0.15, 0.2) is 13.1 Å². The van der Waals surface area contributed by atoms with E-state index in [0.29, 0.717) is 73.7 Å². The van der Waals surface area contributed by atoms with Gasteiger partial charge < -0.3 is 64.1 Å². The number of carbonyl (C=O) groups excluding carboxylic acids is 4. The van der Waals surface area contributed by atoms with Crippen molar-refractivity contribution in [1.29, 1.82) is 0 Å². The molecule has 0 radical (unpaired) electrons. The summed E-state index contributed by atoms with van der Waals surface area (Å²) < 4.78 is 13.1. The molecule has 0 bridgehead atoms. The summed E-state index contributed by atoms with van der Waals surface area (Å²) in [5.41, 5.74) is 0. The minimum atomic E-state index is -0.703. The van der Waals surface area contributed by atoms with Gasteiger partial charge in [-0.15, -0.1) is 0 Å². The first-order chi connectivity index (χ1) is 39.6. The van der Waals surface area contributed by atoms with Crippen molar-refractivity contribution in [2.75, 3.05) is 67.5 Å². The number of amides is 2. The van der Waals surface area contributed by atoms with Crippen molar-refractivity contribution < 1.29 is 72.6 Å². The molecule has 4 unspecified atom stereocenters. The lowest BCUT2D eigenvalue weighted by Crippen LogP contribution is -3.00. The van der Waals surface area contributed by atoms with Crippen LogP contribution in [0.15, 0.2) is 24.3 Å². The smallest absolute Gasteiger partial charge is 0.362 e. The van der Waals surface area contributed by atoms with Crippen molar-refractivity contribution in [3.8, 4) is 0 Å². The van der Waals surface area contributed by atoms with E-state index >= 15 is 0 Å². The zero-order valence-corrected chi connectivity index (χ0v) is 57.5. The highest BCUT2D eigenvalue weighted by Crippen LogP contribution is 2.20. The number of ether oxygens (including phenoxy) is 2. The van der Waals surface area contributed by atoms with Gasteiger partial charge in [0.1, 0.15) is 12.2 Å². The molecule has 4 atom stereocenters. The van der Waals surface area contributed by atoms with Gasteiger partial charge in [-0.1, -0.05) is 219 Å². The molecule has 0 aliphatic rings. The first-order valence-corrected chi connectivity index (χ1v) is 34.8. The zero-order chi connectivity index (χ0) is 60.6. The highest BCUT2D eigenvalue weighted by molar-refractivity contribution is 5.77. The minimum absolute atomic E-state index is 0. The van der Waals surface area contributed by atoms with Crippen molar-refractivity contribution in [2.45, 2.75) is 335 Å². The SMILES string of the molecule is CCCCCCCCCCCC[N+](C)(C)CC(=O)OC(CCCCC)C(O)C/C=C/CCCCCCCC(=O)NCCNC(=O)CCCCCCC/C=C/CC(O)C(CCCCC)OC(=O)C[N+](C)(C)CCCCCCCCCCCC.[Cl-].[Cl-]. The third-order valence-corrected chi connectivity index (χ3v) is 16.4. The van der Waals surface area contributed by atoms with E-state index in [2.05, 4.69) is 78.7 Å². The number of allylic oxidation sites excluding steroid dienone is 2. The quantitative estimate of drug-likeness (QED) is 0.0203. The molecule has 0 aromatic carbocycles. The van der Waals surface area contributed by atoms with Crippen LogP contribution in [0.1, 0.15) is 310 Å². The molecular formula is C70H136Cl2N4O8. The molecule has 0 saturated carbocycles. The van der Waals surface area contributed by atoms with Gasteiger partial charge in [0.25, 0.3) is 0 Å². The number of hydrogen-bond donors (Lipinski definition) is 4. The van der Waals surface area contributed by atoms with Crippen molar-refractivity contribution in [3.63, 3.8) is 0 Å². The van der Waals surface area contributed by atoms with Crippen molar-refractivity contribution in [3.05, 3.63) is 24.3 Å². The third kappa shape index (κ3) is 57.5. The Kier molecular flexibility index (Phi) is 62.5. The second kappa shape index (κ2) is 61.0. The number of aliphatic hydroxyl groups is 2. The Morgan fingerprint density at radius 3 is 0.976 bits per heavy atom. The largest absolute Gasteiger partial charge is 1.00 e. The number of carbonyl (C=O) groups is 4. The number of hydrogen-bond acceptors (Lipinski definition) is 8. The standard InChI is InChI=1S/C70H134N4O8.2ClH/c1-9-13-17-19-21-23-29-35-41-49-59-73(5,6)61-69(79)81-65(53-43-15-11-3)63(75)51-45-37-31-25-27-33-39-47-55-67(77)71-57-58-72-68(78)56-48-40-34-28-26-32-38-46-52-64(76)66(54-44-16-12-4)82-70(80)62-74(7,8)60-50-42-36-30-24-22-20-18-14-10-2;;/h37-38,45-46,63-66,75-76H,9-36,39-44,47-62H2,1-8H3;2*1H/b45-37+,46-38+;;. The molecule has 0 rings (SSSR count). The molecular weight excluding hydrogens is 1100 g/mol. The predicted octanol–water partition coefficient (Wildman–Crippen LogP) is 10.3. The maximum Gasteiger partial charge on any atom is 0.362 e. The van der Waals surface area contributed by atoms with Crippen LogP contribution >= 0.6 is 0 Å². The lowest BCUT2D eigenvalue weighted by Gasteiger charge is -2.30. The Morgan fingerprint density at radius 1 is 0.381 bits per heavy atom. The van der Waals surface area contributed by atoms with Crippen LogP contribution < -0.4 is 35.4 Å². The first-order valence-electron chi connectivity index (χ1n) is 34.8. The molecule has 14 heteroatoms. The lowest BCUT2D eigenvalue weighted by molar-refractivity contribution is -0.883. The second-order valence-corrected chi connectivity index (χ2v) is 25.9. The summed E-state index contributed by atoms with van der Waals surface area (Å²) in [4.78, 5) is 50.9. The molecule has 0 saturated heterocycles. The summed E-state index contributed by atoms with van der Waals surface area (Å²) in [5, 5.41) is 28.0.